The van der Waals surface area contributed by atoms with Crippen molar-refractivity contribution in [2.45, 2.75) is 33.1 Å². The van der Waals surface area contributed by atoms with Gasteiger partial charge in [-0.25, -0.2) is 0 Å². The summed E-state index contributed by atoms with van der Waals surface area (Å²) in [6.45, 7) is 6.91. The van der Waals surface area contributed by atoms with Crippen molar-refractivity contribution in [3.63, 3.8) is 0 Å². The zero-order chi connectivity index (χ0) is 14.3. The lowest BCUT2D eigenvalue weighted by Crippen LogP contribution is -2.30. The number of aliphatic hydroxyl groups excluding tert-OH is 1. The maximum absolute atomic E-state index is 11.4. The van der Waals surface area contributed by atoms with E-state index >= 15 is 0 Å². The van der Waals surface area contributed by atoms with E-state index in [0.717, 1.165) is 0 Å². The summed E-state index contributed by atoms with van der Waals surface area (Å²) < 4.78 is 5.44. The number of nitrogens with one attached hydrogen (secondary N) is 1. The first-order valence-corrected chi connectivity index (χ1v) is 6.65. The van der Waals surface area contributed by atoms with Crippen LogP contribution in [0, 0.1) is 6.92 Å². The first-order chi connectivity index (χ1) is 9.04. The Morgan fingerprint density at radius 3 is 2.74 bits per heavy atom. The van der Waals surface area contributed by atoms with Gasteiger partial charge in [0.2, 0.25) is 0 Å². The molecule has 0 aromatic heterocycles. The Labute approximate surface area is 114 Å². The second-order valence-electron chi connectivity index (χ2n) is 4.89. The van der Waals surface area contributed by atoms with Crippen LogP contribution in [0.3, 0.4) is 0 Å². The predicted molar refractivity (Wildman–Crippen MR) is 75.5 cm³/mol. The molecule has 0 spiro atoms. The van der Waals surface area contributed by atoms with Gasteiger partial charge in [-0.05, 0) is 42.5 Å². The summed E-state index contributed by atoms with van der Waals surface area (Å²) in [7, 11) is 0. The summed E-state index contributed by atoms with van der Waals surface area (Å²) in [5, 5.41) is 11.3. The molecule has 0 aliphatic rings. The van der Waals surface area contributed by atoms with Crippen LogP contribution in [0.2, 0.25) is 0 Å². The van der Waals surface area contributed by atoms with Crippen molar-refractivity contribution in [1.29, 1.82) is 0 Å². The molecule has 0 aliphatic heterocycles. The summed E-state index contributed by atoms with van der Waals surface area (Å²) in [6.07, 6.45) is 0.563. The number of aliphatic hydroxyl groups is 1. The molecular formula is C15H23NO3. The quantitative estimate of drug-likeness (QED) is 0.741. The number of benzene rings is 1. The number of carbonyl (C=O) groups is 1. The topological polar surface area (TPSA) is 58.6 Å². The molecule has 1 rings (SSSR count). The van der Waals surface area contributed by atoms with Crippen molar-refractivity contribution < 1.29 is 14.6 Å². The number of amides is 1. The Balaban J connectivity index is 2.45. The number of rotatable bonds is 7. The van der Waals surface area contributed by atoms with Crippen molar-refractivity contribution in [1.82, 2.24) is 5.32 Å². The van der Waals surface area contributed by atoms with Crippen LogP contribution in [0.15, 0.2) is 18.2 Å². The van der Waals surface area contributed by atoms with E-state index in [1.165, 1.54) is 11.1 Å². The smallest absolute Gasteiger partial charge is 0.257 e. The normalized spacial score (nSPS) is 10.6. The highest BCUT2D eigenvalue weighted by molar-refractivity contribution is 5.77. The van der Waals surface area contributed by atoms with Gasteiger partial charge >= 0.3 is 0 Å². The van der Waals surface area contributed by atoms with Gasteiger partial charge in [0.15, 0.2) is 6.61 Å². The molecule has 19 heavy (non-hydrogen) atoms. The Kier molecular flexibility index (Phi) is 6.36. The van der Waals surface area contributed by atoms with Crippen LogP contribution in [0.25, 0.3) is 0 Å². The van der Waals surface area contributed by atoms with E-state index < -0.39 is 0 Å². The Bertz CT molecular complexity index is 416. The fraction of sp³-hybridized carbons (Fsp3) is 0.533. The van der Waals surface area contributed by atoms with Crippen LogP contribution >= 0.6 is 0 Å². The van der Waals surface area contributed by atoms with Crippen LogP contribution in [0.5, 0.6) is 5.75 Å². The third kappa shape index (κ3) is 5.30. The van der Waals surface area contributed by atoms with Crippen LogP contribution < -0.4 is 10.1 Å². The molecule has 0 radical (unpaired) electrons. The lowest BCUT2D eigenvalue weighted by Gasteiger charge is -2.12. The minimum absolute atomic E-state index is 0.00585. The molecule has 0 bridgehead atoms. The average molecular weight is 265 g/mol. The number of hydrogen-bond donors (Lipinski definition) is 2. The SMILES string of the molecule is Cc1cc(OCC(=O)NCCCO)ccc1C(C)C. The molecule has 0 unspecified atom stereocenters. The van der Waals surface area contributed by atoms with Gasteiger partial charge in [-0.2, -0.15) is 0 Å². The molecule has 2 N–H and O–H groups in total. The van der Waals surface area contributed by atoms with Gasteiger partial charge in [-0.3, -0.25) is 4.79 Å². The van der Waals surface area contributed by atoms with Crippen LogP contribution in [0.1, 0.15) is 37.3 Å². The van der Waals surface area contributed by atoms with Gasteiger partial charge in [0.25, 0.3) is 5.91 Å². The highest BCUT2D eigenvalue weighted by Gasteiger charge is 2.06. The predicted octanol–water partition coefficient (Wildman–Crippen LogP) is 2.00. The molecule has 1 aromatic rings. The standard InChI is InChI=1S/C15H23NO3/c1-11(2)14-6-5-13(9-12(14)3)19-10-15(18)16-7-4-8-17/h5-6,9,11,17H,4,7-8,10H2,1-3H3,(H,16,18). The lowest BCUT2D eigenvalue weighted by atomic mass is 9.98. The maximum atomic E-state index is 11.4. The van der Waals surface area contributed by atoms with Gasteiger partial charge in [-0.1, -0.05) is 19.9 Å². The fourth-order valence-electron chi connectivity index (χ4n) is 1.89. The van der Waals surface area contributed by atoms with E-state index in [1.807, 2.05) is 25.1 Å². The van der Waals surface area contributed by atoms with Crippen molar-refractivity contribution >= 4 is 5.91 Å². The summed E-state index contributed by atoms with van der Waals surface area (Å²) in [6, 6.07) is 5.89. The first-order valence-electron chi connectivity index (χ1n) is 6.65. The van der Waals surface area contributed by atoms with Crippen molar-refractivity contribution in [3.05, 3.63) is 29.3 Å². The van der Waals surface area contributed by atoms with Gasteiger partial charge in [0.05, 0.1) is 0 Å². The van der Waals surface area contributed by atoms with Crippen LogP contribution in [-0.4, -0.2) is 30.8 Å². The second kappa shape index (κ2) is 7.79. The lowest BCUT2D eigenvalue weighted by molar-refractivity contribution is -0.123. The summed E-state index contributed by atoms with van der Waals surface area (Å²) >= 11 is 0. The van der Waals surface area contributed by atoms with Gasteiger partial charge in [0.1, 0.15) is 5.75 Å². The van der Waals surface area contributed by atoms with E-state index in [0.29, 0.717) is 24.6 Å². The highest BCUT2D eigenvalue weighted by Crippen LogP contribution is 2.23. The Morgan fingerprint density at radius 1 is 1.42 bits per heavy atom. The van der Waals surface area contributed by atoms with Gasteiger partial charge < -0.3 is 15.2 Å². The zero-order valence-corrected chi connectivity index (χ0v) is 11.9. The van der Waals surface area contributed by atoms with Crippen molar-refractivity contribution in [2.75, 3.05) is 19.8 Å². The highest BCUT2D eigenvalue weighted by atomic mass is 16.5. The summed E-state index contributed by atoms with van der Waals surface area (Å²) in [5.41, 5.74) is 2.47. The number of aryl methyl sites for hydroxylation is 1. The first kappa shape index (κ1) is 15.5. The number of hydrogen-bond acceptors (Lipinski definition) is 3. The van der Waals surface area contributed by atoms with Crippen molar-refractivity contribution in [3.8, 4) is 5.75 Å². The monoisotopic (exact) mass is 265 g/mol. The van der Waals surface area contributed by atoms with Crippen molar-refractivity contribution in [2.24, 2.45) is 0 Å². The minimum atomic E-state index is -0.168. The molecule has 1 amide bonds. The molecule has 0 heterocycles. The molecule has 4 heteroatoms. The average Bonchev–Trinajstić information content (AvgIpc) is 2.36. The van der Waals surface area contributed by atoms with Crippen LogP contribution in [-0.2, 0) is 4.79 Å². The molecule has 4 nitrogen and oxygen atoms in total. The maximum Gasteiger partial charge on any atom is 0.257 e. The number of ether oxygens (including phenoxy) is 1. The molecule has 0 saturated carbocycles. The summed E-state index contributed by atoms with van der Waals surface area (Å²) in [5.74, 6) is 1.02. The molecule has 0 fully saturated rings. The van der Waals surface area contributed by atoms with E-state index in [9.17, 15) is 4.79 Å². The van der Waals surface area contributed by atoms with E-state index in [2.05, 4.69) is 19.2 Å². The molecule has 1 aromatic carbocycles. The second-order valence-corrected chi connectivity index (χ2v) is 4.89. The molecule has 0 aliphatic carbocycles. The van der Waals surface area contributed by atoms with Gasteiger partial charge in [0, 0.05) is 13.2 Å². The molecule has 106 valence electrons. The van der Waals surface area contributed by atoms with E-state index in [1.54, 1.807) is 0 Å². The van der Waals surface area contributed by atoms with Gasteiger partial charge in [-0.15, -0.1) is 0 Å². The molecule has 0 saturated heterocycles. The molecule has 0 atom stereocenters. The fourth-order valence-corrected chi connectivity index (χ4v) is 1.89. The third-order valence-corrected chi connectivity index (χ3v) is 2.89. The summed E-state index contributed by atoms with van der Waals surface area (Å²) in [4.78, 5) is 11.4. The Morgan fingerprint density at radius 2 is 2.16 bits per heavy atom. The minimum Gasteiger partial charge on any atom is -0.484 e. The largest absolute Gasteiger partial charge is 0.484 e. The number of carbonyl (C=O) groups excluding carboxylic acids is 1. The third-order valence-electron chi connectivity index (χ3n) is 2.89. The van der Waals surface area contributed by atoms with E-state index in [4.69, 9.17) is 9.84 Å². The molecular weight excluding hydrogens is 242 g/mol. The van der Waals surface area contributed by atoms with E-state index in [-0.39, 0.29) is 19.1 Å². The zero-order valence-electron chi connectivity index (χ0n) is 11.9. The Hall–Kier alpha value is -1.55. The van der Waals surface area contributed by atoms with Crippen LogP contribution in [0.4, 0.5) is 0 Å².